The van der Waals surface area contributed by atoms with Gasteiger partial charge in [-0.3, -0.25) is 0 Å². The molecule has 0 atom stereocenters. The van der Waals surface area contributed by atoms with Gasteiger partial charge in [0.05, 0.1) is 0 Å². The Labute approximate surface area is 89.5 Å². The van der Waals surface area contributed by atoms with Gasteiger partial charge in [-0.05, 0) is 17.7 Å². The first-order valence-electron chi connectivity index (χ1n) is 4.24. The van der Waals surface area contributed by atoms with E-state index in [1.54, 1.807) is 0 Å². The van der Waals surface area contributed by atoms with Gasteiger partial charge >= 0.3 is 10.2 Å². The zero-order valence-corrected chi connectivity index (χ0v) is 8.86. The van der Waals surface area contributed by atoms with Gasteiger partial charge in [0.25, 0.3) is 0 Å². The summed E-state index contributed by atoms with van der Waals surface area (Å²) in [5, 5.41) is 0. The molecule has 92 valence electrons. The Morgan fingerprint density at radius 1 is 1.12 bits per heavy atom. The predicted molar refractivity (Wildman–Crippen MR) is 55.9 cm³/mol. The summed E-state index contributed by atoms with van der Waals surface area (Å²) in [5.41, 5.74) is 5.14. The number of hydrogen-bond donors (Lipinski definition) is 1. The van der Waals surface area contributed by atoms with Crippen LogP contribution in [0.15, 0.2) is 35.2 Å². The number of rotatable bonds is 3. The second-order valence-corrected chi connectivity index (χ2v) is 5.59. The average molecular weight is 259 g/mol. The average Bonchev–Trinajstić information content (AvgIpc) is 2.12. The quantitative estimate of drug-likeness (QED) is 0.804. The van der Waals surface area contributed by atoms with Crippen LogP contribution in [0.4, 0.5) is 19.4 Å². The van der Waals surface area contributed by atoms with E-state index in [1.165, 1.54) is 18.2 Å². The third-order valence-electron chi connectivity index (χ3n) is 1.75. The Morgan fingerprint density at radius 2 is 1.75 bits per heavy atom. The predicted octanol–water partition coefficient (Wildman–Crippen LogP) is 4.32. The lowest BCUT2D eigenvalue weighted by molar-refractivity contribution is 0.364. The van der Waals surface area contributed by atoms with Crippen molar-refractivity contribution >= 4 is 16.3 Å². The molecule has 0 aromatic heterocycles. The van der Waals surface area contributed by atoms with Crippen molar-refractivity contribution in [1.82, 2.24) is 0 Å². The lowest BCUT2D eigenvalue weighted by atomic mass is 10.2. The van der Waals surface area contributed by atoms with Gasteiger partial charge in [0.15, 0.2) is 0 Å². The van der Waals surface area contributed by atoms with Crippen molar-refractivity contribution in [2.75, 3.05) is 6.54 Å². The first kappa shape index (κ1) is 13.0. The van der Waals surface area contributed by atoms with Gasteiger partial charge in [0.2, 0.25) is 0 Å². The summed E-state index contributed by atoms with van der Waals surface area (Å²) < 4.78 is 62.0. The molecule has 0 radical (unpaired) electrons. The Bertz CT molecular complexity index is 422. The smallest absolute Gasteiger partial charge is 0.310 e. The van der Waals surface area contributed by atoms with Gasteiger partial charge in [-0.15, -0.1) is 0 Å². The maximum Gasteiger partial charge on any atom is 0.310 e. The third kappa shape index (κ3) is 3.49. The van der Waals surface area contributed by atoms with Crippen molar-refractivity contribution in [2.45, 2.75) is 4.90 Å². The zero-order chi connectivity index (χ0) is 12.5. The van der Waals surface area contributed by atoms with Gasteiger partial charge < -0.3 is 5.73 Å². The van der Waals surface area contributed by atoms with Crippen molar-refractivity contribution in [1.29, 1.82) is 0 Å². The van der Waals surface area contributed by atoms with Crippen LogP contribution in [0, 0.1) is 0 Å². The molecule has 1 aromatic rings. The molecule has 1 rings (SSSR count). The molecule has 0 amide bonds. The van der Waals surface area contributed by atoms with Crippen molar-refractivity contribution in [2.24, 2.45) is 5.73 Å². The van der Waals surface area contributed by atoms with Crippen molar-refractivity contribution in [3.8, 4) is 0 Å². The largest absolute Gasteiger partial charge is 0.327 e. The number of nitrogens with two attached hydrogens (primary N) is 1. The first-order valence-corrected chi connectivity index (χ1v) is 6.19. The maximum absolute atomic E-state index is 12.4. The van der Waals surface area contributed by atoms with Crippen LogP contribution in [0.1, 0.15) is 5.56 Å². The van der Waals surface area contributed by atoms with Crippen LogP contribution in [0.2, 0.25) is 0 Å². The molecule has 0 bridgehead atoms. The van der Waals surface area contributed by atoms with Gasteiger partial charge in [0.1, 0.15) is 4.90 Å². The molecule has 2 N–H and O–H groups in total. The molecule has 0 spiro atoms. The van der Waals surface area contributed by atoms with E-state index in [-0.39, 0.29) is 12.1 Å². The van der Waals surface area contributed by atoms with Crippen LogP contribution in [0.5, 0.6) is 0 Å². The van der Waals surface area contributed by atoms with Gasteiger partial charge in [0, 0.05) is 6.54 Å². The SMILES string of the molecule is NCC=Cc1cccc(S(F)(F)(F)(F)F)c1. The lowest BCUT2D eigenvalue weighted by Gasteiger charge is -2.40. The minimum absolute atomic E-state index is 0.0381. The van der Waals surface area contributed by atoms with E-state index in [0.717, 1.165) is 6.07 Å². The van der Waals surface area contributed by atoms with Crippen LogP contribution >= 0.6 is 10.2 Å². The highest BCUT2D eigenvalue weighted by Gasteiger charge is 2.65. The molecule has 0 aliphatic rings. The topological polar surface area (TPSA) is 26.0 Å². The van der Waals surface area contributed by atoms with Crippen LogP contribution < -0.4 is 5.73 Å². The lowest BCUT2D eigenvalue weighted by Crippen LogP contribution is -2.05. The van der Waals surface area contributed by atoms with E-state index in [2.05, 4.69) is 0 Å². The van der Waals surface area contributed by atoms with Gasteiger partial charge in [-0.1, -0.05) is 43.7 Å². The molecule has 1 aromatic carbocycles. The molecule has 1 nitrogen and oxygen atoms in total. The molecule has 0 unspecified atom stereocenters. The van der Waals surface area contributed by atoms with Gasteiger partial charge in [-0.25, -0.2) is 0 Å². The highest BCUT2D eigenvalue weighted by atomic mass is 32.5. The van der Waals surface area contributed by atoms with Crippen LogP contribution in [0.3, 0.4) is 0 Å². The Balaban J connectivity index is 3.25. The molecule has 16 heavy (non-hydrogen) atoms. The van der Waals surface area contributed by atoms with E-state index < -0.39 is 15.1 Å². The monoisotopic (exact) mass is 259 g/mol. The Kier molecular flexibility index (Phi) is 2.60. The fourth-order valence-corrected chi connectivity index (χ4v) is 1.76. The summed E-state index contributed by atoms with van der Waals surface area (Å²) >= 11 is 0. The summed E-state index contributed by atoms with van der Waals surface area (Å²) in [6, 6.07) is 3.00. The van der Waals surface area contributed by atoms with E-state index in [1.807, 2.05) is 0 Å². The van der Waals surface area contributed by atoms with Crippen molar-refractivity contribution in [3.05, 3.63) is 35.9 Å². The van der Waals surface area contributed by atoms with Gasteiger partial charge in [-0.2, -0.15) is 0 Å². The molecule has 0 heterocycles. The standard InChI is InChI=1S/C9H10F5NS/c10-16(11,12,13,14)9-5-1-3-8(7-9)4-2-6-15/h1-5,7H,6,15H2. The third-order valence-corrected chi connectivity index (χ3v) is 2.89. The summed E-state index contributed by atoms with van der Waals surface area (Å²) in [4.78, 5) is -1.89. The zero-order valence-electron chi connectivity index (χ0n) is 8.05. The Morgan fingerprint density at radius 3 is 2.25 bits per heavy atom. The summed E-state index contributed by atoms with van der Waals surface area (Å²) in [7, 11) is -9.57. The minimum Gasteiger partial charge on any atom is -0.327 e. The first-order chi connectivity index (χ1) is 7.03. The van der Waals surface area contributed by atoms with Crippen molar-refractivity contribution < 1.29 is 19.4 Å². The van der Waals surface area contributed by atoms with Crippen LogP contribution in [-0.4, -0.2) is 6.54 Å². The molecule has 0 aliphatic carbocycles. The molecule has 0 saturated carbocycles. The molecular weight excluding hydrogens is 249 g/mol. The molecule has 7 heteroatoms. The van der Waals surface area contributed by atoms with E-state index in [4.69, 9.17) is 5.73 Å². The van der Waals surface area contributed by atoms with Crippen molar-refractivity contribution in [3.63, 3.8) is 0 Å². The van der Waals surface area contributed by atoms with Crippen LogP contribution in [-0.2, 0) is 0 Å². The van der Waals surface area contributed by atoms with E-state index >= 15 is 0 Å². The van der Waals surface area contributed by atoms with E-state index in [0.29, 0.717) is 12.1 Å². The maximum atomic E-state index is 12.4. The fraction of sp³-hybridized carbons (Fsp3) is 0.111. The summed E-state index contributed by atoms with van der Waals surface area (Å²) in [5.74, 6) is 0. The Hall–Kier alpha value is -1.08. The molecular formula is C9H10F5NS. The van der Waals surface area contributed by atoms with E-state index in [9.17, 15) is 19.4 Å². The minimum atomic E-state index is -9.57. The normalized spacial score (nSPS) is 17.1. The summed E-state index contributed by atoms with van der Waals surface area (Å²) in [6.45, 7) is 0.126. The number of halogens is 5. The van der Waals surface area contributed by atoms with Crippen LogP contribution in [0.25, 0.3) is 6.08 Å². The summed E-state index contributed by atoms with van der Waals surface area (Å²) in [6.07, 6.45) is 2.64. The second kappa shape index (κ2) is 3.21. The number of benzene rings is 1. The second-order valence-electron chi connectivity index (χ2n) is 3.18. The molecule has 0 aliphatic heterocycles. The number of hydrogen-bond acceptors (Lipinski definition) is 1. The highest BCUT2D eigenvalue weighted by molar-refractivity contribution is 8.45. The highest BCUT2D eigenvalue weighted by Crippen LogP contribution is 3.02. The fourth-order valence-electron chi connectivity index (χ4n) is 1.06. The molecule has 0 saturated heterocycles. The molecule has 0 fully saturated rings.